The van der Waals surface area contributed by atoms with E-state index in [1.165, 1.54) is 6.07 Å². The molecule has 0 radical (unpaired) electrons. The van der Waals surface area contributed by atoms with E-state index in [0.717, 1.165) is 32.3 Å². The van der Waals surface area contributed by atoms with Crippen LogP contribution in [-0.2, 0) is 14.6 Å². The first-order chi connectivity index (χ1) is 10.9. The number of hydrogen-bond donors (Lipinski definition) is 1. The first kappa shape index (κ1) is 17.9. The monoisotopic (exact) mass is 339 g/mol. The van der Waals surface area contributed by atoms with Crippen LogP contribution in [-0.4, -0.2) is 38.8 Å². The average molecular weight is 339 g/mol. The summed E-state index contributed by atoms with van der Waals surface area (Å²) in [4.78, 5) is 12.5. The number of hydrogen-bond acceptors (Lipinski definition) is 4. The van der Waals surface area contributed by atoms with Gasteiger partial charge in [0.15, 0.2) is 9.84 Å². The van der Waals surface area contributed by atoms with Gasteiger partial charge in [0.05, 0.1) is 22.3 Å². The number of rotatable bonds is 7. The molecule has 1 N–H and O–H groups in total. The highest BCUT2D eigenvalue weighted by Crippen LogP contribution is 2.19. The molecule has 128 valence electrons. The SMILES string of the molecule is CCS(=O)(=O)c1ccccc1C(=O)N[C@@H](C)CC[C@@H]1CCCO1. The zero-order valence-corrected chi connectivity index (χ0v) is 14.6. The lowest BCUT2D eigenvalue weighted by atomic mass is 10.1. The minimum absolute atomic E-state index is 0.0220. The number of amides is 1. The summed E-state index contributed by atoms with van der Waals surface area (Å²) in [6, 6.07) is 6.35. The molecule has 1 heterocycles. The Kier molecular flexibility index (Phi) is 6.18. The third-order valence-electron chi connectivity index (χ3n) is 4.17. The van der Waals surface area contributed by atoms with Crippen LogP contribution >= 0.6 is 0 Å². The van der Waals surface area contributed by atoms with Crippen molar-refractivity contribution < 1.29 is 17.9 Å². The molecule has 0 spiro atoms. The average Bonchev–Trinajstić information content (AvgIpc) is 3.06. The Balaban J connectivity index is 2.00. The van der Waals surface area contributed by atoms with Gasteiger partial charge in [-0.3, -0.25) is 4.79 Å². The van der Waals surface area contributed by atoms with E-state index in [9.17, 15) is 13.2 Å². The second kappa shape index (κ2) is 7.93. The first-order valence-electron chi connectivity index (χ1n) is 8.18. The lowest BCUT2D eigenvalue weighted by Crippen LogP contribution is -2.34. The van der Waals surface area contributed by atoms with Crippen LogP contribution in [0.2, 0.25) is 0 Å². The Morgan fingerprint density at radius 2 is 2.13 bits per heavy atom. The fourth-order valence-electron chi connectivity index (χ4n) is 2.76. The van der Waals surface area contributed by atoms with Gasteiger partial charge in [-0.2, -0.15) is 0 Å². The van der Waals surface area contributed by atoms with Gasteiger partial charge in [-0.05, 0) is 44.7 Å². The van der Waals surface area contributed by atoms with Crippen molar-refractivity contribution in [3.63, 3.8) is 0 Å². The van der Waals surface area contributed by atoms with Crippen molar-refractivity contribution in [2.75, 3.05) is 12.4 Å². The maximum Gasteiger partial charge on any atom is 0.252 e. The van der Waals surface area contributed by atoms with Gasteiger partial charge in [0, 0.05) is 12.6 Å². The molecule has 2 rings (SSSR count). The number of ether oxygens (including phenoxy) is 1. The summed E-state index contributed by atoms with van der Waals surface area (Å²) in [6.07, 6.45) is 4.21. The van der Waals surface area contributed by atoms with Gasteiger partial charge >= 0.3 is 0 Å². The normalized spacial score (nSPS) is 19.5. The van der Waals surface area contributed by atoms with Crippen LogP contribution in [0, 0.1) is 0 Å². The second-order valence-electron chi connectivity index (χ2n) is 5.99. The molecular weight excluding hydrogens is 314 g/mol. The van der Waals surface area contributed by atoms with Gasteiger partial charge in [0.2, 0.25) is 0 Å². The van der Waals surface area contributed by atoms with Crippen molar-refractivity contribution in [3.8, 4) is 0 Å². The van der Waals surface area contributed by atoms with Crippen molar-refractivity contribution in [2.24, 2.45) is 0 Å². The molecule has 1 aromatic carbocycles. The molecule has 0 aliphatic carbocycles. The van der Waals surface area contributed by atoms with Crippen molar-refractivity contribution >= 4 is 15.7 Å². The summed E-state index contributed by atoms with van der Waals surface area (Å²) in [6.45, 7) is 4.34. The number of carbonyl (C=O) groups excluding carboxylic acids is 1. The maximum atomic E-state index is 12.4. The lowest BCUT2D eigenvalue weighted by Gasteiger charge is -2.17. The largest absolute Gasteiger partial charge is 0.378 e. The summed E-state index contributed by atoms with van der Waals surface area (Å²) in [5.74, 6) is -0.358. The summed E-state index contributed by atoms with van der Waals surface area (Å²) in [7, 11) is -3.42. The van der Waals surface area contributed by atoms with E-state index in [4.69, 9.17) is 4.74 Å². The van der Waals surface area contributed by atoms with Crippen LogP contribution in [0.25, 0.3) is 0 Å². The van der Waals surface area contributed by atoms with Crippen LogP contribution in [0.3, 0.4) is 0 Å². The molecule has 1 aliphatic rings. The molecule has 1 amide bonds. The molecular formula is C17H25NO4S. The quantitative estimate of drug-likeness (QED) is 0.828. The predicted molar refractivity (Wildman–Crippen MR) is 89.3 cm³/mol. The second-order valence-corrected chi connectivity index (χ2v) is 8.23. The fourth-order valence-corrected chi connectivity index (χ4v) is 3.86. The zero-order chi connectivity index (χ0) is 16.9. The molecule has 1 fully saturated rings. The highest BCUT2D eigenvalue weighted by molar-refractivity contribution is 7.91. The zero-order valence-electron chi connectivity index (χ0n) is 13.7. The summed E-state index contributed by atoms with van der Waals surface area (Å²) in [5.41, 5.74) is 0.221. The molecule has 0 saturated carbocycles. The third kappa shape index (κ3) is 4.78. The molecule has 1 aliphatic heterocycles. The Morgan fingerprint density at radius 3 is 2.78 bits per heavy atom. The summed E-state index contributed by atoms with van der Waals surface area (Å²) >= 11 is 0. The summed E-state index contributed by atoms with van der Waals surface area (Å²) < 4.78 is 29.8. The maximum absolute atomic E-state index is 12.4. The van der Waals surface area contributed by atoms with Gasteiger partial charge in [-0.1, -0.05) is 19.1 Å². The Labute approximate surface area is 138 Å². The molecule has 5 nitrogen and oxygen atoms in total. The highest BCUT2D eigenvalue weighted by Gasteiger charge is 2.22. The summed E-state index contributed by atoms with van der Waals surface area (Å²) in [5, 5.41) is 2.90. The molecule has 6 heteroatoms. The van der Waals surface area contributed by atoms with Crippen molar-refractivity contribution in [1.29, 1.82) is 0 Å². The first-order valence-corrected chi connectivity index (χ1v) is 9.83. The fraction of sp³-hybridized carbons (Fsp3) is 0.588. The van der Waals surface area contributed by atoms with E-state index in [1.54, 1.807) is 25.1 Å². The molecule has 0 unspecified atom stereocenters. The molecule has 2 atom stereocenters. The van der Waals surface area contributed by atoms with E-state index < -0.39 is 9.84 Å². The molecule has 23 heavy (non-hydrogen) atoms. The van der Waals surface area contributed by atoms with Crippen molar-refractivity contribution in [3.05, 3.63) is 29.8 Å². The van der Waals surface area contributed by atoms with E-state index in [2.05, 4.69) is 5.32 Å². The Hall–Kier alpha value is -1.40. The van der Waals surface area contributed by atoms with Crippen LogP contribution in [0.1, 0.15) is 49.9 Å². The van der Waals surface area contributed by atoms with Gasteiger partial charge < -0.3 is 10.1 Å². The van der Waals surface area contributed by atoms with E-state index in [1.807, 2.05) is 6.92 Å². The van der Waals surface area contributed by atoms with Crippen molar-refractivity contribution in [1.82, 2.24) is 5.32 Å². The molecule has 0 aromatic heterocycles. The van der Waals surface area contributed by atoms with Gasteiger partial charge in [-0.15, -0.1) is 0 Å². The van der Waals surface area contributed by atoms with Crippen LogP contribution in [0.15, 0.2) is 29.2 Å². The predicted octanol–water partition coefficient (Wildman–Crippen LogP) is 2.56. The third-order valence-corrected chi connectivity index (χ3v) is 5.96. The molecule has 0 bridgehead atoms. The van der Waals surface area contributed by atoms with Gasteiger partial charge in [-0.25, -0.2) is 8.42 Å². The number of benzene rings is 1. The standard InChI is InChI=1S/C17H25NO4S/c1-3-23(20,21)16-9-5-4-8-15(16)17(19)18-13(2)10-11-14-7-6-12-22-14/h4-5,8-9,13-14H,3,6-7,10-12H2,1-2H3,(H,18,19)/t13-,14-/m0/s1. The number of carbonyl (C=O) groups is 1. The molecule has 1 saturated heterocycles. The van der Waals surface area contributed by atoms with Crippen LogP contribution in [0.4, 0.5) is 0 Å². The highest BCUT2D eigenvalue weighted by atomic mass is 32.2. The van der Waals surface area contributed by atoms with E-state index >= 15 is 0 Å². The molecule has 1 aromatic rings. The Bertz CT molecular complexity index is 636. The number of nitrogens with one attached hydrogen (secondary N) is 1. The topological polar surface area (TPSA) is 72.5 Å². The Morgan fingerprint density at radius 1 is 1.39 bits per heavy atom. The van der Waals surface area contributed by atoms with E-state index in [-0.39, 0.29) is 28.2 Å². The minimum atomic E-state index is -3.42. The van der Waals surface area contributed by atoms with Crippen LogP contribution in [0.5, 0.6) is 0 Å². The smallest absolute Gasteiger partial charge is 0.252 e. The van der Waals surface area contributed by atoms with Gasteiger partial charge in [0.25, 0.3) is 5.91 Å². The minimum Gasteiger partial charge on any atom is -0.378 e. The van der Waals surface area contributed by atoms with Crippen LogP contribution < -0.4 is 5.32 Å². The van der Waals surface area contributed by atoms with Crippen molar-refractivity contribution in [2.45, 2.75) is 56.6 Å². The van der Waals surface area contributed by atoms with Gasteiger partial charge in [0.1, 0.15) is 0 Å². The number of sulfone groups is 1. The lowest BCUT2D eigenvalue weighted by molar-refractivity contribution is 0.0897. The van der Waals surface area contributed by atoms with E-state index in [0.29, 0.717) is 6.10 Å².